The topological polar surface area (TPSA) is 38.0 Å². The van der Waals surface area contributed by atoms with Crippen LogP contribution in [0.1, 0.15) is 44.2 Å². The van der Waals surface area contributed by atoms with E-state index in [9.17, 15) is 13.2 Å². The average Bonchev–Trinajstić information content (AvgIpc) is 2.67. The molecule has 5 heteroatoms. The first-order chi connectivity index (χ1) is 9.21. The summed E-state index contributed by atoms with van der Waals surface area (Å²) in [7, 11) is 0. The number of anilines is 1. The zero-order chi connectivity index (χ0) is 15.0. The molecule has 0 aromatic heterocycles. The molecule has 20 heavy (non-hydrogen) atoms. The lowest BCUT2D eigenvalue weighted by atomic mass is 9.92. The Balaban J connectivity index is 2.15. The van der Waals surface area contributed by atoms with Crippen molar-refractivity contribution in [3.05, 3.63) is 29.3 Å². The lowest BCUT2D eigenvalue weighted by molar-refractivity contribution is -0.138. The second-order valence-electron chi connectivity index (χ2n) is 6.32. The minimum atomic E-state index is -4.34. The molecule has 1 saturated carbocycles. The van der Waals surface area contributed by atoms with Gasteiger partial charge >= 0.3 is 6.18 Å². The summed E-state index contributed by atoms with van der Waals surface area (Å²) >= 11 is 0. The van der Waals surface area contributed by atoms with Crippen LogP contribution in [0.15, 0.2) is 18.2 Å². The van der Waals surface area contributed by atoms with Gasteiger partial charge in [-0.25, -0.2) is 0 Å². The fourth-order valence-electron chi connectivity index (χ4n) is 2.92. The maximum absolute atomic E-state index is 12.8. The maximum Gasteiger partial charge on any atom is 0.416 e. The van der Waals surface area contributed by atoms with Crippen LogP contribution in [0, 0.1) is 5.41 Å². The molecule has 0 radical (unpaired) electrons. The second-order valence-corrected chi connectivity index (χ2v) is 6.32. The molecule has 112 valence electrons. The van der Waals surface area contributed by atoms with E-state index in [1.54, 1.807) is 0 Å². The van der Waals surface area contributed by atoms with Crippen LogP contribution in [0.2, 0.25) is 0 Å². The van der Waals surface area contributed by atoms with Gasteiger partial charge in [0.25, 0.3) is 0 Å². The van der Waals surface area contributed by atoms with Crippen LogP contribution >= 0.6 is 0 Å². The fraction of sp³-hybridized carbons (Fsp3) is 0.600. The monoisotopic (exact) mass is 286 g/mol. The molecule has 0 bridgehead atoms. The summed E-state index contributed by atoms with van der Waals surface area (Å²) in [4.78, 5) is 0. The summed E-state index contributed by atoms with van der Waals surface area (Å²) in [6.07, 6.45) is -1.13. The van der Waals surface area contributed by atoms with Crippen molar-refractivity contribution in [3.63, 3.8) is 0 Å². The molecule has 0 amide bonds. The van der Waals surface area contributed by atoms with Gasteiger partial charge in [0.2, 0.25) is 0 Å². The first-order valence-corrected chi connectivity index (χ1v) is 6.88. The van der Waals surface area contributed by atoms with Gasteiger partial charge < -0.3 is 11.1 Å². The highest BCUT2D eigenvalue weighted by molar-refractivity contribution is 5.50. The Labute approximate surface area is 117 Å². The molecule has 0 heterocycles. The molecule has 1 unspecified atom stereocenters. The second kappa shape index (κ2) is 5.28. The van der Waals surface area contributed by atoms with Crippen molar-refractivity contribution in [2.75, 3.05) is 5.32 Å². The molecule has 1 aromatic carbocycles. The number of alkyl halides is 3. The number of nitrogens with one attached hydrogen (secondary N) is 1. The van der Waals surface area contributed by atoms with E-state index in [1.165, 1.54) is 12.1 Å². The Morgan fingerprint density at radius 3 is 2.55 bits per heavy atom. The number of halogens is 3. The zero-order valence-electron chi connectivity index (χ0n) is 11.8. The molecule has 1 fully saturated rings. The Morgan fingerprint density at radius 2 is 2.05 bits per heavy atom. The third-order valence-corrected chi connectivity index (χ3v) is 3.97. The van der Waals surface area contributed by atoms with E-state index in [0.29, 0.717) is 11.5 Å². The number of nitrogens with two attached hydrogens (primary N) is 1. The maximum atomic E-state index is 12.8. The molecular formula is C15H21F3N2. The zero-order valence-corrected chi connectivity index (χ0v) is 11.8. The Kier molecular flexibility index (Phi) is 4.00. The van der Waals surface area contributed by atoms with Gasteiger partial charge in [-0.1, -0.05) is 13.8 Å². The summed E-state index contributed by atoms with van der Waals surface area (Å²) < 4.78 is 38.4. The van der Waals surface area contributed by atoms with E-state index < -0.39 is 11.7 Å². The molecular weight excluding hydrogens is 265 g/mol. The van der Waals surface area contributed by atoms with Gasteiger partial charge in [0.05, 0.1) is 5.56 Å². The number of rotatable bonds is 3. The Morgan fingerprint density at radius 1 is 1.35 bits per heavy atom. The van der Waals surface area contributed by atoms with E-state index in [4.69, 9.17) is 5.73 Å². The highest BCUT2D eigenvalue weighted by atomic mass is 19.4. The van der Waals surface area contributed by atoms with Crippen LogP contribution in [0.25, 0.3) is 0 Å². The first kappa shape index (κ1) is 15.2. The van der Waals surface area contributed by atoms with Crippen LogP contribution in [-0.4, -0.2) is 6.04 Å². The summed E-state index contributed by atoms with van der Waals surface area (Å²) in [5.74, 6) is 0. The van der Waals surface area contributed by atoms with Crippen LogP contribution in [-0.2, 0) is 12.7 Å². The summed E-state index contributed by atoms with van der Waals surface area (Å²) in [6, 6.07) is 4.46. The molecule has 1 aromatic rings. The van der Waals surface area contributed by atoms with Gasteiger partial charge in [-0.15, -0.1) is 0 Å². The van der Waals surface area contributed by atoms with Gasteiger partial charge in [-0.2, -0.15) is 13.2 Å². The summed E-state index contributed by atoms with van der Waals surface area (Å²) in [6.45, 7) is 4.32. The number of benzene rings is 1. The standard InChI is InChI=1S/C15H21F3N2/c1-14(2)6-5-12(8-14)20-11-3-4-13(15(16,17)18)10(7-11)9-19/h3-4,7,12,20H,5-6,8-9,19H2,1-2H3. The third-order valence-electron chi connectivity index (χ3n) is 3.97. The number of hydrogen-bond donors (Lipinski definition) is 2. The van der Waals surface area contributed by atoms with Crippen LogP contribution < -0.4 is 11.1 Å². The molecule has 0 aliphatic heterocycles. The average molecular weight is 286 g/mol. The lowest BCUT2D eigenvalue weighted by Crippen LogP contribution is -2.18. The normalized spacial score (nSPS) is 22.0. The molecule has 0 spiro atoms. The molecule has 0 saturated heterocycles. The summed E-state index contributed by atoms with van der Waals surface area (Å²) in [5, 5.41) is 3.33. The van der Waals surface area contributed by atoms with Crippen molar-refractivity contribution in [3.8, 4) is 0 Å². The Bertz CT molecular complexity index is 480. The van der Waals surface area contributed by atoms with Crippen molar-refractivity contribution in [1.82, 2.24) is 0 Å². The van der Waals surface area contributed by atoms with Crippen molar-refractivity contribution in [1.29, 1.82) is 0 Å². The quantitative estimate of drug-likeness (QED) is 0.875. The molecule has 1 aliphatic rings. The van der Waals surface area contributed by atoms with Crippen LogP contribution in [0.5, 0.6) is 0 Å². The van der Waals surface area contributed by atoms with Gasteiger partial charge in [0, 0.05) is 18.3 Å². The minimum absolute atomic E-state index is 0.111. The van der Waals surface area contributed by atoms with E-state index in [2.05, 4.69) is 19.2 Å². The predicted molar refractivity (Wildman–Crippen MR) is 74.4 cm³/mol. The van der Waals surface area contributed by atoms with Crippen molar-refractivity contribution in [2.24, 2.45) is 11.1 Å². The van der Waals surface area contributed by atoms with Gasteiger partial charge in [0.15, 0.2) is 0 Å². The molecule has 1 aliphatic carbocycles. The van der Waals surface area contributed by atoms with E-state index in [1.807, 2.05) is 0 Å². The molecule has 2 rings (SSSR count). The Hall–Kier alpha value is -1.23. The molecule has 2 nitrogen and oxygen atoms in total. The van der Waals surface area contributed by atoms with Crippen molar-refractivity contribution < 1.29 is 13.2 Å². The van der Waals surface area contributed by atoms with Crippen molar-refractivity contribution in [2.45, 2.75) is 51.9 Å². The highest BCUT2D eigenvalue weighted by Gasteiger charge is 2.34. The van der Waals surface area contributed by atoms with E-state index in [-0.39, 0.29) is 12.1 Å². The third kappa shape index (κ3) is 3.45. The van der Waals surface area contributed by atoms with Crippen molar-refractivity contribution >= 4 is 5.69 Å². The van der Waals surface area contributed by atoms with E-state index in [0.717, 1.165) is 31.0 Å². The summed E-state index contributed by atoms with van der Waals surface area (Å²) in [5.41, 5.74) is 5.97. The fourth-order valence-corrected chi connectivity index (χ4v) is 2.92. The van der Waals surface area contributed by atoms with Crippen LogP contribution in [0.3, 0.4) is 0 Å². The number of hydrogen-bond acceptors (Lipinski definition) is 2. The SMILES string of the molecule is CC1(C)CCC(Nc2ccc(C(F)(F)F)c(CN)c2)C1. The highest BCUT2D eigenvalue weighted by Crippen LogP contribution is 2.39. The van der Waals surface area contributed by atoms with Gasteiger partial charge in [-0.05, 0) is 48.4 Å². The first-order valence-electron chi connectivity index (χ1n) is 6.88. The van der Waals surface area contributed by atoms with E-state index >= 15 is 0 Å². The molecule has 1 atom stereocenters. The predicted octanol–water partition coefficient (Wildman–Crippen LogP) is 4.15. The van der Waals surface area contributed by atoms with Gasteiger partial charge in [-0.3, -0.25) is 0 Å². The largest absolute Gasteiger partial charge is 0.416 e. The van der Waals surface area contributed by atoms with Crippen LogP contribution in [0.4, 0.5) is 18.9 Å². The van der Waals surface area contributed by atoms with Gasteiger partial charge in [0.1, 0.15) is 0 Å². The lowest BCUT2D eigenvalue weighted by Gasteiger charge is -2.20. The molecule has 3 N–H and O–H groups in total. The smallest absolute Gasteiger partial charge is 0.382 e. The minimum Gasteiger partial charge on any atom is -0.382 e.